The topological polar surface area (TPSA) is 34.0 Å². The molecule has 0 N–H and O–H groups in total. The van der Waals surface area contributed by atoms with Crippen molar-refractivity contribution in [2.24, 2.45) is 0 Å². The Morgan fingerprint density at radius 1 is 0.408 bits per heavy atom. The van der Waals surface area contributed by atoms with Gasteiger partial charge in [-0.15, -0.1) is 0 Å². The fourth-order valence-electron chi connectivity index (χ4n) is 12.0. The molecule has 0 saturated carbocycles. The molecule has 0 atom stereocenters. The molecule has 0 aliphatic carbocycles. The summed E-state index contributed by atoms with van der Waals surface area (Å²) >= 11 is 0. The average Bonchev–Trinajstić information content (AvgIpc) is 3.74. The highest BCUT2D eigenvalue weighted by Crippen LogP contribution is 2.54. The van der Waals surface area contributed by atoms with Gasteiger partial charge in [0, 0.05) is 27.0 Å². The van der Waals surface area contributed by atoms with Crippen molar-refractivity contribution >= 4 is 99.2 Å². The smallest absolute Gasteiger partial charge is 0.138 e. The highest BCUT2D eigenvalue weighted by molar-refractivity contribution is 6.17. The number of allylic oxidation sites excluding steroid dienone is 1. The van der Waals surface area contributed by atoms with Crippen LogP contribution in [-0.4, -0.2) is 14.5 Å². The molecular formula is C67H48N4. The molecule has 13 aromatic rings. The molecule has 0 saturated heterocycles. The van der Waals surface area contributed by atoms with Gasteiger partial charge in [-0.1, -0.05) is 172 Å². The molecule has 0 unspecified atom stereocenters. The Balaban J connectivity index is 1.06. The number of hydrogen-bond donors (Lipinski definition) is 0. The minimum atomic E-state index is -0.334. The number of nitrogens with zero attached hydrogens (tertiary/aromatic N) is 4. The third-order valence-electron chi connectivity index (χ3n) is 15.4. The van der Waals surface area contributed by atoms with Crippen LogP contribution >= 0.6 is 0 Å². The van der Waals surface area contributed by atoms with E-state index in [2.05, 4.69) is 256 Å². The molecule has 0 amide bonds. The van der Waals surface area contributed by atoms with Crippen molar-refractivity contribution in [1.29, 1.82) is 0 Å². The Morgan fingerprint density at radius 2 is 0.944 bits per heavy atom. The van der Waals surface area contributed by atoms with E-state index in [0.29, 0.717) is 0 Å². The summed E-state index contributed by atoms with van der Waals surface area (Å²) in [4.78, 5) is 13.6. The van der Waals surface area contributed by atoms with E-state index < -0.39 is 0 Å². The van der Waals surface area contributed by atoms with E-state index in [-0.39, 0.29) is 5.41 Å². The lowest BCUT2D eigenvalue weighted by molar-refractivity contribution is 0.632. The molecule has 14 rings (SSSR count). The van der Waals surface area contributed by atoms with Crippen molar-refractivity contribution in [3.8, 4) is 28.1 Å². The van der Waals surface area contributed by atoms with Crippen LogP contribution in [0.5, 0.6) is 0 Å². The normalized spacial score (nSPS) is 13.4. The molecule has 0 radical (unpaired) electrons. The first-order chi connectivity index (χ1) is 34.9. The number of aromatic nitrogens is 3. The van der Waals surface area contributed by atoms with Gasteiger partial charge in [0.05, 0.1) is 33.4 Å². The summed E-state index contributed by atoms with van der Waals surface area (Å²) in [5.41, 5.74) is 15.7. The Bertz CT molecular complexity index is 4420. The second kappa shape index (κ2) is 15.6. The molecule has 10 aromatic carbocycles. The van der Waals surface area contributed by atoms with Gasteiger partial charge in [-0.3, -0.25) is 9.47 Å². The van der Waals surface area contributed by atoms with Crippen LogP contribution in [0.25, 0.3) is 110 Å². The van der Waals surface area contributed by atoms with E-state index in [9.17, 15) is 0 Å². The van der Waals surface area contributed by atoms with Crippen LogP contribution in [0.4, 0.5) is 17.2 Å². The zero-order chi connectivity index (χ0) is 47.5. The lowest BCUT2D eigenvalue weighted by atomic mass is 9.73. The fraction of sp³-hybridized carbons (Fsp3) is 0.0746. The summed E-state index contributed by atoms with van der Waals surface area (Å²) in [7, 11) is 0. The summed E-state index contributed by atoms with van der Waals surface area (Å²) in [6, 6.07) is 75.7. The van der Waals surface area contributed by atoms with Gasteiger partial charge < -0.3 is 0 Å². The van der Waals surface area contributed by atoms with E-state index in [1.54, 1.807) is 0 Å². The number of anilines is 3. The Kier molecular flexibility index (Phi) is 9.03. The Hall–Kier alpha value is -8.86. The van der Waals surface area contributed by atoms with E-state index in [1.165, 1.54) is 76.5 Å². The maximum atomic E-state index is 5.61. The van der Waals surface area contributed by atoms with E-state index in [4.69, 9.17) is 9.97 Å². The van der Waals surface area contributed by atoms with Crippen molar-refractivity contribution in [2.75, 3.05) is 4.90 Å². The molecule has 4 nitrogen and oxygen atoms in total. The van der Waals surface area contributed by atoms with Gasteiger partial charge in [0.2, 0.25) is 0 Å². The van der Waals surface area contributed by atoms with Gasteiger partial charge in [0.25, 0.3) is 0 Å². The Labute approximate surface area is 412 Å². The second-order valence-corrected chi connectivity index (χ2v) is 19.7. The third-order valence-corrected chi connectivity index (χ3v) is 15.4. The quantitative estimate of drug-likeness (QED) is 0.161. The summed E-state index contributed by atoms with van der Waals surface area (Å²) in [5.74, 6) is 1.75. The van der Waals surface area contributed by atoms with E-state index >= 15 is 0 Å². The Morgan fingerprint density at radius 3 is 1.68 bits per heavy atom. The van der Waals surface area contributed by atoms with Crippen LogP contribution in [0, 0.1) is 6.92 Å². The monoisotopic (exact) mass is 908 g/mol. The SMILES string of the molecule is CC=Cc1cc(-c2cc(-n3c4ccccc4c4cc5c(cc43)N(c3cc(-c4cc6ccccc6c6ccccc46)c4ccccc4n3)c3ccccc3C5(C)C)nc3ccccc23)c2ccccc2c1C. The highest BCUT2D eigenvalue weighted by atomic mass is 15.2. The summed E-state index contributed by atoms with van der Waals surface area (Å²) in [6.45, 7) is 9.08. The van der Waals surface area contributed by atoms with Crippen LogP contribution in [-0.2, 0) is 5.41 Å². The number of benzene rings is 10. The number of pyridine rings is 2. The molecule has 1 aliphatic rings. The number of rotatable bonds is 5. The van der Waals surface area contributed by atoms with Crippen LogP contribution in [0.3, 0.4) is 0 Å². The predicted octanol–water partition coefficient (Wildman–Crippen LogP) is 18.1. The second-order valence-electron chi connectivity index (χ2n) is 19.7. The van der Waals surface area contributed by atoms with Gasteiger partial charge in [0.1, 0.15) is 11.6 Å². The van der Waals surface area contributed by atoms with Gasteiger partial charge in [-0.2, -0.15) is 0 Å². The number of aryl methyl sites for hydroxylation is 1. The molecule has 3 aromatic heterocycles. The number of para-hydroxylation sites is 4. The molecule has 4 heterocycles. The van der Waals surface area contributed by atoms with Crippen LogP contribution < -0.4 is 4.90 Å². The van der Waals surface area contributed by atoms with Crippen molar-refractivity contribution in [3.05, 3.63) is 235 Å². The van der Waals surface area contributed by atoms with Crippen molar-refractivity contribution in [2.45, 2.75) is 33.1 Å². The molecule has 4 heteroatoms. The van der Waals surface area contributed by atoms with Crippen LogP contribution in [0.15, 0.2) is 212 Å². The maximum absolute atomic E-state index is 5.61. The van der Waals surface area contributed by atoms with Crippen LogP contribution in [0.1, 0.15) is 43.0 Å². The van der Waals surface area contributed by atoms with E-state index in [1.807, 2.05) is 0 Å². The molecule has 0 fully saturated rings. The zero-order valence-electron chi connectivity index (χ0n) is 40.1. The van der Waals surface area contributed by atoms with Crippen molar-refractivity contribution < 1.29 is 0 Å². The van der Waals surface area contributed by atoms with Gasteiger partial charge >= 0.3 is 0 Å². The lowest BCUT2D eigenvalue weighted by Gasteiger charge is -2.41. The molecule has 1 aliphatic heterocycles. The molecular weight excluding hydrogens is 861 g/mol. The summed E-state index contributed by atoms with van der Waals surface area (Å²) in [5, 5.41) is 12.0. The molecule has 0 bridgehead atoms. The van der Waals surface area contributed by atoms with Crippen LogP contribution in [0.2, 0.25) is 0 Å². The fourth-order valence-corrected chi connectivity index (χ4v) is 12.0. The molecule has 71 heavy (non-hydrogen) atoms. The summed E-state index contributed by atoms with van der Waals surface area (Å²) < 4.78 is 2.40. The molecule has 336 valence electrons. The number of fused-ring (bicyclic) bond motifs is 11. The largest absolute Gasteiger partial charge is 0.294 e. The predicted molar refractivity (Wildman–Crippen MR) is 301 cm³/mol. The van der Waals surface area contributed by atoms with Gasteiger partial charge in [-0.05, 0) is 151 Å². The standard InChI is InChI=1S/C67H48N4/c1-5-20-42-35-52(46-24-9-8-22-44(46)41(42)2)54-38-65(68-59-31-16-12-27-49(54)59)70-61-33-18-14-29-51(61)56-37-58-64(40-63(56)70)71(62-34-19-15-30-57(62)67(58,3)4)66-39-55(50-28-13-17-32-60(50)69-66)53-36-43-21-6-7-23-45(43)47-25-10-11-26-48(47)53/h5-40H,1-4H3. The highest BCUT2D eigenvalue weighted by Gasteiger charge is 2.38. The first-order valence-corrected chi connectivity index (χ1v) is 24.7. The number of hydrogen-bond acceptors (Lipinski definition) is 3. The maximum Gasteiger partial charge on any atom is 0.138 e. The minimum absolute atomic E-state index is 0.334. The molecule has 0 spiro atoms. The van der Waals surface area contributed by atoms with Crippen molar-refractivity contribution in [1.82, 2.24) is 14.5 Å². The third kappa shape index (κ3) is 6.11. The van der Waals surface area contributed by atoms with E-state index in [0.717, 1.165) is 67.0 Å². The van der Waals surface area contributed by atoms with Gasteiger partial charge in [-0.25, -0.2) is 9.97 Å². The average molecular weight is 909 g/mol. The first kappa shape index (κ1) is 41.1. The lowest BCUT2D eigenvalue weighted by Crippen LogP contribution is -2.31. The first-order valence-electron chi connectivity index (χ1n) is 24.7. The van der Waals surface area contributed by atoms with Gasteiger partial charge in [0.15, 0.2) is 0 Å². The van der Waals surface area contributed by atoms with Crippen molar-refractivity contribution in [3.63, 3.8) is 0 Å². The minimum Gasteiger partial charge on any atom is -0.294 e. The zero-order valence-corrected chi connectivity index (χ0v) is 40.1. The summed E-state index contributed by atoms with van der Waals surface area (Å²) in [6.07, 6.45) is 4.37.